The largest absolute Gasteiger partial charge is 0.573 e. The Labute approximate surface area is 180 Å². The number of fused-ring (bicyclic) bond motifs is 1. The number of amides is 1. The molecule has 1 amide bonds. The quantitative estimate of drug-likeness (QED) is 0.741. The van der Waals surface area contributed by atoms with Crippen LogP contribution in [0.25, 0.3) is 5.57 Å². The molecule has 0 aliphatic carbocycles. The van der Waals surface area contributed by atoms with Crippen molar-refractivity contribution < 1.29 is 22.7 Å². The molecule has 2 aliphatic rings. The number of carbonyl (C=O) groups is 1. The number of halogens is 4. The van der Waals surface area contributed by atoms with Crippen molar-refractivity contribution in [2.45, 2.75) is 12.8 Å². The Balaban J connectivity index is 1.50. The third-order valence-corrected chi connectivity index (χ3v) is 4.94. The molecule has 0 spiro atoms. The molecule has 0 saturated carbocycles. The minimum Gasteiger partial charge on any atom is -0.406 e. The molecular formula is C21H16ClF3N4O2. The summed E-state index contributed by atoms with van der Waals surface area (Å²) in [7, 11) is 0. The molecule has 10 heteroatoms. The molecule has 2 aliphatic heterocycles. The Morgan fingerprint density at radius 3 is 2.58 bits per heavy atom. The number of amidine groups is 1. The van der Waals surface area contributed by atoms with Crippen molar-refractivity contribution in [1.82, 2.24) is 5.01 Å². The second-order valence-electron chi connectivity index (χ2n) is 6.82. The van der Waals surface area contributed by atoms with Crippen LogP contribution in [0.4, 0.5) is 18.9 Å². The number of nitrogens with two attached hydrogens (primary N) is 1. The first-order valence-corrected chi connectivity index (χ1v) is 9.51. The number of nitrogens with zero attached hydrogens (tertiary/aromatic N) is 3. The molecule has 0 unspecified atom stereocenters. The van der Waals surface area contributed by atoms with E-state index < -0.39 is 18.0 Å². The molecule has 0 atom stereocenters. The molecule has 0 bridgehead atoms. The number of hydrogen-bond donors (Lipinski definition) is 1. The van der Waals surface area contributed by atoms with Crippen molar-refractivity contribution in [3.8, 4) is 5.75 Å². The van der Waals surface area contributed by atoms with Gasteiger partial charge in [0, 0.05) is 12.3 Å². The lowest BCUT2D eigenvalue weighted by Gasteiger charge is -2.31. The first-order valence-electron chi connectivity index (χ1n) is 9.13. The van der Waals surface area contributed by atoms with E-state index in [-0.39, 0.29) is 18.1 Å². The lowest BCUT2D eigenvalue weighted by atomic mass is 10.0. The smallest absolute Gasteiger partial charge is 0.406 e. The fraction of sp³-hybridized carbons (Fsp3) is 0.143. The summed E-state index contributed by atoms with van der Waals surface area (Å²) in [4.78, 5) is 15.5. The molecule has 0 radical (unpaired) electrons. The molecule has 6 nitrogen and oxygen atoms in total. The highest BCUT2D eigenvalue weighted by Crippen LogP contribution is 2.35. The molecule has 0 saturated heterocycles. The molecule has 4 rings (SSSR count). The SMILES string of the molecule is NC(=O)Cc1ccc(C2=CC3=NCN(c4ccc(OC(F)(F)F)cc4Cl)N3C=C2)cc1. The average Bonchev–Trinajstić information content (AvgIpc) is 3.10. The Morgan fingerprint density at radius 1 is 1.19 bits per heavy atom. The summed E-state index contributed by atoms with van der Waals surface area (Å²) in [6.07, 6.45) is 0.963. The number of alkyl halides is 3. The van der Waals surface area contributed by atoms with Gasteiger partial charge in [0.1, 0.15) is 18.3 Å². The molecule has 2 heterocycles. The normalized spacial score (nSPS) is 15.5. The van der Waals surface area contributed by atoms with Gasteiger partial charge in [0.15, 0.2) is 0 Å². The minimum absolute atomic E-state index is 0.103. The molecule has 0 aromatic heterocycles. The zero-order valence-electron chi connectivity index (χ0n) is 15.9. The van der Waals surface area contributed by atoms with Gasteiger partial charge < -0.3 is 10.5 Å². The van der Waals surface area contributed by atoms with Gasteiger partial charge in [0.05, 0.1) is 17.1 Å². The van der Waals surface area contributed by atoms with Crippen molar-refractivity contribution in [3.05, 3.63) is 77.0 Å². The summed E-state index contributed by atoms with van der Waals surface area (Å²) in [6.45, 7) is 0.250. The minimum atomic E-state index is -4.79. The monoisotopic (exact) mass is 448 g/mol. The first-order chi connectivity index (χ1) is 14.7. The Kier molecular flexibility index (Phi) is 5.36. The van der Waals surface area contributed by atoms with E-state index in [1.165, 1.54) is 12.1 Å². The summed E-state index contributed by atoms with van der Waals surface area (Å²) in [5.74, 6) is -0.125. The van der Waals surface area contributed by atoms with Gasteiger partial charge in [-0.2, -0.15) is 0 Å². The number of allylic oxidation sites excluding steroid dienone is 2. The first kappa shape index (κ1) is 20.8. The van der Waals surface area contributed by atoms with Crippen molar-refractivity contribution >= 4 is 34.6 Å². The van der Waals surface area contributed by atoms with E-state index in [1.807, 2.05) is 36.4 Å². The number of carbonyl (C=O) groups excluding carboxylic acids is 1. The summed E-state index contributed by atoms with van der Waals surface area (Å²) in [5, 5.41) is 3.59. The van der Waals surface area contributed by atoms with Crippen molar-refractivity contribution in [3.63, 3.8) is 0 Å². The van der Waals surface area contributed by atoms with E-state index in [0.29, 0.717) is 11.5 Å². The Morgan fingerprint density at radius 2 is 1.94 bits per heavy atom. The van der Waals surface area contributed by atoms with Crippen LogP contribution < -0.4 is 15.5 Å². The van der Waals surface area contributed by atoms with Crippen LogP contribution in [-0.4, -0.2) is 29.8 Å². The number of benzene rings is 2. The lowest BCUT2D eigenvalue weighted by Crippen LogP contribution is -2.38. The van der Waals surface area contributed by atoms with Crippen LogP contribution in [0, 0.1) is 0 Å². The number of hydrazine groups is 1. The summed E-state index contributed by atoms with van der Waals surface area (Å²) < 4.78 is 41.1. The number of hydrogen-bond acceptors (Lipinski definition) is 5. The molecular weight excluding hydrogens is 433 g/mol. The van der Waals surface area contributed by atoms with Crippen LogP contribution in [0.15, 0.2) is 65.8 Å². The maximum Gasteiger partial charge on any atom is 0.573 e. The third kappa shape index (κ3) is 4.66. The van der Waals surface area contributed by atoms with Crippen LogP contribution in [0.1, 0.15) is 11.1 Å². The second kappa shape index (κ2) is 7.99. The number of primary amides is 1. The van der Waals surface area contributed by atoms with Gasteiger partial charge in [-0.3, -0.25) is 9.80 Å². The van der Waals surface area contributed by atoms with E-state index in [2.05, 4.69) is 9.73 Å². The maximum absolute atomic E-state index is 12.4. The summed E-state index contributed by atoms with van der Waals surface area (Å²) in [6, 6.07) is 11.2. The molecule has 160 valence electrons. The van der Waals surface area contributed by atoms with Crippen LogP contribution in [0.3, 0.4) is 0 Å². The predicted molar refractivity (Wildman–Crippen MR) is 111 cm³/mol. The van der Waals surface area contributed by atoms with Crippen LogP contribution in [0.2, 0.25) is 5.02 Å². The van der Waals surface area contributed by atoms with Gasteiger partial charge >= 0.3 is 6.36 Å². The van der Waals surface area contributed by atoms with E-state index in [4.69, 9.17) is 17.3 Å². The van der Waals surface area contributed by atoms with Gasteiger partial charge in [-0.1, -0.05) is 35.9 Å². The van der Waals surface area contributed by atoms with Gasteiger partial charge in [-0.15, -0.1) is 13.2 Å². The highest BCUT2D eigenvalue weighted by Gasteiger charge is 2.32. The van der Waals surface area contributed by atoms with Gasteiger partial charge in [0.2, 0.25) is 5.91 Å². The second-order valence-corrected chi connectivity index (χ2v) is 7.23. The topological polar surface area (TPSA) is 71.2 Å². The molecule has 2 aromatic rings. The maximum atomic E-state index is 12.4. The molecule has 2 N–H and O–H groups in total. The van der Waals surface area contributed by atoms with Crippen molar-refractivity contribution in [1.29, 1.82) is 0 Å². The molecule has 2 aromatic carbocycles. The van der Waals surface area contributed by atoms with E-state index >= 15 is 0 Å². The Hall–Kier alpha value is -3.46. The highest BCUT2D eigenvalue weighted by atomic mass is 35.5. The van der Waals surface area contributed by atoms with E-state index in [1.54, 1.807) is 16.2 Å². The summed E-state index contributed by atoms with van der Waals surface area (Å²) in [5.41, 5.74) is 8.40. The van der Waals surface area contributed by atoms with Crippen molar-refractivity contribution in [2.24, 2.45) is 10.7 Å². The summed E-state index contributed by atoms with van der Waals surface area (Å²) >= 11 is 6.21. The number of anilines is 1. The van der Waals surface area contributed by atoms with Crippen LogP contribution >= 0.6 is 11.6 Å². The highest BCUT2D eigenvalue weighted by molar-refractivity contribution is 6.33. The van der Waals surface area contributed by atoms with Crippen LogP contribution in [0.5, 0.6) is 5.75 Å². The zero-order chi connectivity index (χ0) is 22.2. The standard InChI is InChI=1S/C21H16ClF3N4O2/c22-17-11-16(31-21(23,24)25)5-6-18(17)29-12-27-20-10-15(7-8-28(20)29)14-3-1-13(2-4-14)9-19(26)30/h1-8,10-11H,9,12H2,(H2,26,30). The lowest BCUT2D eigenvalue weighted by molar-refractivity contribution is -0.274. The fourth-order valence-electron chi connectivity index (χ4n) is 3.29. The Bertz CT molecular complexity index is 1110. The third-order valence-electron chi connectivity index (χ3n) is 4.64. The van der Waals surface area contributed by atoms with E-state index in [0.717, 1.165) is 22.8 Å². The fourth-order valence-corrected chi connectivity index (χ4v) is 3.56. The number of rotatable bonds is 5. The van der Waals surface area contributed by atoms with Gasteiger partial charge in [-0.25, -0.2) is 10.0 Å². The molecule has 0 fully saturated rings. The zero-order valence-corrected chi connectivity index (χ0v) is 16.7. The van der Waals surface area contributed by atoms with Gasteiger partial charge in [-0.05, 0) is 41.0 Å². The van der Waals surface area contributed by atoms with Gasteiger partial charge in [0.25, 0.3) is 0 Å². The number of ether oxygens (including phenoxy) is 1. The predicted octanol–water partition coefficient (Wildman–Crippen LogP) is 4.27. The average molecular weight is 449 g/mol. The van der Waals surface area contributed by atoms with E-state index in [9.17, 15) is 18.0 Å². The molecule has 31 heavy (non-hydrogen) atoms. The number of aliphatic imine (C=N–C) groups is 1. The van der Waals surface area contributed by atoms with Crippen molar-refractivity contribution in [2.75, 3.05) is 11.7 Å². The van der Waals surface area contributed by atoms with Crippen LogP contribution in [-0.2, 0) is 11.2 Å².